The quantitative estimate of drug-likeness (QED) is 0.690. The van der Waals surface area contributed by atoms with E-state index in [1.807, 2.05) is 0 Å². The number of hydrogen-bond donors (Lipinski definition) is 0. The number of nitrogens with zero attached hydrogens (tertiary/aromatic N) is 3. The molecule has 0 saturated carbocycles. The molecule has 3 rings (SSSR count). The van der Waals surface area contributed by atoms with Crippen molar-refractivity contribution >= 4 is 12.1 Å². The standard InChI is InChI=1S/C19H26F3N3O4/c1-5-28-15(26)18(20)7-8-19(21,22)14-12-10-24(16(27)29-17(2,3)4)9-6-13(12)23-25(14)11-18/h5-11H2,1-4H3. The first-order valence-electron chi connectivity index (χ1n) is 9.67. The van der Waals surface area contributed by atoms with Crippen LogP contribution in [0.1, 0.15) is 57.5 Å². The van der Waals surface area contributed by atoms with Gasteiger partial charge in [0.1, 0.15) is 11.3 Å². The van der Waals surface area contributed by atoms with Gasteiger partial charge in [-0.15, -0.1) is 0 Å². The van der Waals surface area contributed by atoms with Crippen LogP contribution in [0.25, 0.3) is 0 Å². The van der Waals surface area contributed by atoms with Crippen molar-refractivity contribution in [1.29, 1.82) is 0 Å². The molecule has 0 aromatic carbocycles. The summed E-state index contributed by atoms with van der Waals surface area (Å²) in [6.45, 7) is 6.14. The van der Waals surface area contributed by atoms with Gasteiger partial charge in [-0.3, -0.25) is 4.68 Å². The number of fused-ring (bicyclic) bond motifs is 3. The number of ether oxygens (including phenoxy) is 2. The second kappa shape index (κ2) is 7.21. The third-order valence-electron chi connectivity index (χ3n) is 4.98. The molecule has 0 saturated heterocycles. The smallest absolute Gasteiger partial charge is 0.410 e. The third-order valence-corrected chi connectivity index (χ3v) is 4.98. The van der Waals surface area contributed by atoms with Crippen molar-refractivity contribution in [1.82, 2.24) is 14.7 Å². The average molecular weight is 417 g/mol. The van der Waals surface area contributed by atoms with Gasteiger partial charge in [0.25, 0.3) is 5.92 Å². The highest BCUT2D eigenvalue weighted by Crippen LogP contribution is 2.44. The van der Waals surface area contributed by atoms with E-state index in [1.165, 1.54) is 11.8 Å². The Labute approximate surface area is 167 Å². The summed E-state index contributed by atoms with van der Waals surface area (Å²) in [5, 5.41) is 4.16. The number of carbonyl (C=O) groups is 2. The summed E-state index contributed by atoms with van der Waals surface area (Å²) in [6, 6.07) is 0. The van der Waals surface area contributed by atoms with Gasteiger partial charge in [0.05, 0.1) is 25.4 Å². The van der Waals surface area contributed by atoms with Crippen LogP contribution in [0.2, 0.25) is 0 Å². The minimum absolute atomic E-state index is 0.0474. The Morgan fingerprint density at radius 1 is 1.21 bits per heavy atom. The van der Waals surface area contributed by atoms with Crippen molar-refractivity contribution in [3.05, 3.63) is 17.0 Å². The van der Waals surface area contributed by atoms with E-state index in [4.69, 9.17) is 9.47 Å². The first-order valence-corrected chi connectivity index (χ1v) is 9.67. The van der Waals surface area contributed by atoms with E-state index in [0.29, 0.717) is 5.69 Å². The van der Waals surface area contributed by atoms with E-state index < -0.39 is 54.3 Å². The molecule has 1 aromatic rings. The maximum atomic E-state index is 15.2. The van der Waals surface area contributed by atoms with Crippen LogP contribution in [-0.2, 0) is 39.7 Å². The number of carbonyl (C=O) groups excluding carboxylic acids is 2. The third kappa shape index (κ3) is 4.20. The molecule has 1 unspecified atom stereocenters. The molecule has 0 bridgehead atoms. The van der Waals surface area contributed by atoms with Gasteiger partial charge in [-0.05, 0) is 27.7 Å². The Kier molecular flexibility index (Phi) is 5.33. The van der Waals surface area contributed by atoms with Crippen LogP contribution in [0.15, 0.2) is 0 Å². The zero-order valence-corrected chi connectivity index (χ0v) is 17.1. The normalized spacial score (nSPS) is 23.6. The molecule has 0 radical (unpaired) electrons. The first-order chi connectivity index (χ1) is 13.4. The Morgan fingerprint density at radius 2 is 1.90 bits per heavy atom. The summed E-state index contributed by atoms with van der Waals surface area (Å²) in [5.41, 5.74) is -3.16. The number of aromatic nitrogens is 2. The van der Waals surface area contributed by atoms with Crippen LogP contribution in [0.5, 0.6) is 0 Å². The van der Waals surface area contributed by atoms with Gasteiger partial charge in [-0.1, -0.05) is 0 Å². The van der Waals surface area contributed by atoms with Crippen LogP contribution in [0, 0.1) is 0 Å². The molecule has 2 aliphatic rings. The minimum atomic E-state index is -3.39. The lowest BCUT2D eigenvalue weighted by atomic mass is 9.96. The van der Waals surface area contributed by atoms with E-state index in [1.54, 1.807) is 20.8 Å². The van der Waals surface area contributed by atoms with Crippen molar-refractivity contribution in [2.75, 3.05) is 13.2 Å². The maximum Gasteiger partial charge on any atom is 0.410 e. The van der Waals surface area contributed by atoms with Crippen molar-refractivity contribution in [3.63, 3.8) is 0 Å². The lowest BCUT2D eigenvalue weighted by molar-refractivity contribution is -0.159. The van der Waals surface area contributed by atoms with Crippen LogP contribution >= 0.6 is 0 Å². The second-order valence-electron chi connectivity index (χ2n) is 8.47. The molecule has 0 aliphatic carbocycles. The highest BCUT2D eigenvalue weighted by Gasteiger charge is 2.52. The highest BCUT2D eigenvalue weighted by molar-refractivity contribution is 5.79. The molecule has 1 atom stereocenters. The number of halogens is 3. The molecule has 7 nitrogen and oxygen atoms in total. The molecular weight excluding hydrogens is 391 g/mol. The molecule has 0 spiro atoms. The van der Waals surface area contributed by atoms with Crippen molar-refractivity contribution in [3.8, 4) is 0 Å². The SMILES string of the molecule is CCOC(=O)C1(F)CCC(F)(F)c2c3c(nn2C1)CCN(C(=O)OC(C)(C)C)C3. The predicted octanol–water partition coefficient (Wildman–Crippen LogP) is 3.33. The number of hydrogen-bond acceptors (Lipinski definition) is 5. The van der Waals surface area contributed by atoms with E-state index in [0.717, 1.165) is 4.68 Å². The molecule has 162 valence electrons. The van der Waals surface area contributed by atoms with E-state index in [-0.39, 0.29) is 31.7 Å². The molecule has 1 amide bonds. The fourth-order valence-corrected chi connectivity index (χ4v) is 3.65. The van der Waals surface area contributed by atoms with E-state index in [2.05, 4.69) is 5.10 Å². The number of amides is 1. The minimum Gasteiger partial charge on any atom is -0.464 e. The molecular formula is C19H26F3N3O4. The summed E-state index contributed by atoms with van der Waals surface area (Å²) in [6.07, 6.45) is -1.89. The maximum absolute atomic E-state index is 15.2. The van der Waals surface area contributed by atoms with E-state index >= 15 is 4.39 Å². The van der Waals surface area contributed by atoms with Crippen LogP contribution in [0.3, 0.4) is 0 Å². The van der Waals surface area contributed by atoms with Crippen LogP contribution < -0.4 is 0 Å². The van der Waals surface area contributed by atoms with Gasteiger partial charge in [0.2, 0.25) is 5.67 Å². The summed E-state index contributed by atoms with van der Waals surface area (Å²) < 4.78 is 56.1. The summed E-state index contributed by atoms with van der Waals surface area (Å²) in [7, 11) is 0. The molecule has 3 heterocycles. The van der Waals surface area contributed by atoms with Gasteiger partial charge < -0.3 is 14.4 Å². The summed E-state index contributed by atoms with van der Waals surface area (Å²) in [5.74, 6) is -4.55. The summed E-state index contributed by atoms with van der Waals surface area (Å²) >= 11 is 0. The molecule has 1 aromatic heterocycles. The van der Waals surface area contributed by atoms with Gasteiger partial charge in [-0.25, -0.2) is 14.0 Å². The van der Waals surface area contributed by atoms with Crippen molar-refractivity contribution in [2.24, 2.45) is 0 Å². The van der Waals surface area contributed by atoms with Crippen molar-refractivity contribution in [2.45, 2.75) is 77.2 Å². The lowest BCUT2D eigenvalue weighted by Crippen LogP contribution is -2.40. The highest BCUT2D eigenvalue weighted by atomic mass is 19.3. The molecule has 10 heteroatoms. The largest absolute Gasteiger partial charge is 0.464 e. The Hall–Kier alpha value is -2.26. The summed E-state index contributed by atoms with van der Waals surface area (Å²) in [4.78, 5) is 25.8. The average Bonchev–Trinajstić information content (AvgIpc) is 2.91. The topological polar surface area (TPSA) is 73.7 Å². The zero-order valence-electron chi connectivity index (χ0n) is 17.1. The Bertz CT molecular complexity index is 818. The van der Waals surface area contributed by atoms with Crippen LogP contribution in [-0.4, -0.2) is 51.2 Å². The molecule has 29 heavy (non-hydrogen) atoms. The van der Waals surface area contributed by atoms with Gasteiger partial charge in [-0.2, -0.15) is 13.9 Å². The monoisotopic (exact) mass is 417 g/mol. The fraction of sp³-hybridized carbons (Fsp3) is 0.737. The number of esters is 1. The van der Waals surface area contributed by atoms with E-state index in [9.17, 15) is 18.4 Å². The Morgan fingerprint density at radius 3 is 2.52 bits per heavy atom. The van der Waals surface area contributed by atoms with Gasteiger partial charge >= 0.3 is 12.1 Å². The van der Waals surface area contributed by atoms with Gasteiger partial charge in [0.15, 0.2) is 0 Å². The van der Waals surface area contributed by atoms with Crippen molar-refractivity contribution < 1.29 is 32.2 Å². The first kappa shape index (κ1) is 21.4. The Balaban J connectivity index is 1.94. The molecule has 0 fully saturated rings. The second-order valence-corrected chi connectivity index (χ2v) is 8.47. The lowest BCUT2D eigenvalue weighted by Gasteiger charge is -2.30. The number of rotatable bonds is 2. The predicted molar refractivity (Wildman–Crippen MR) is 96.2 cm³/mol. The number of alkyl halides is 3. The molecule has 0 N–H and O–H groups in total. The van der Waals surface area contributed by atoms with Crippen LogP contribution in [0.4, 0.5) is 18.0 Å². The fourth-order valence-electron chi connectivity index (χ4n) is 3.65. The zero-order chi connectivity index (χ0) is 21.6. The van der Waals surface area contributed by atoms with Gasteiger partial charge in [0, 0.05) is 31.4 Å². The molecule has 2 aliphatic heterocycles.